The van der Waals surface area contributed by atoms with E-state index in [1.54, 1.807) is 6.92 Å². The maximum absolute atomic E-state index is 12.0. The van der Waals surface area contributed by atoms with Gasteiger partial charge in [-0.05, 0) is 12.5 Å². The molecule has 0 aromatic heterocycles. The van der Waals surface area contributed by atoms with Crippen LogP contribution in [-0.2, 0) is 16.1 Å². The zero-order valence-corrected chi connectivity index (χ0v) is 10.1. The number of hydrogen-bond acceptors (Lipinski definition) is 3. The Morgan fingerprint density at radius 2 is 1.61 bits per heavy atom. The molecule has 1 aliphatic rings. The third-order valence-electron chi connectivity index (χ3n) is 2.87. The van der Waals surface area contributed by atoms with Gasteiger partial charge in [-0.25, -0.2) is 4.79 Å². The Hall–Kier alpha value is -2.17. The molecule has 0 unspecified atom stereocenters. The first-order valence-electron chi connectivity index (χ1n) is 5.82. The first-order valence-corrected chi connectivity index (χ1v) is 5.82. The summed E-state index contributed by atoms with van der Waals surface area (Å²) >= 11 is 0. The summed E-state index contributed by atoms with van der Waals surface area (Å²) < 4.78 is 0. The molecule has 0 N–H and O–H groups in total. The number of hydrogen-bond donors (Lipinski definition) is 0. The predicted molar refractivity (Wildman–Crippen MR) is 64.4 cm³/mol. The second kappa shape index (κ2) is 5.00. The van der Waals surface area contributed by atoms with Crippen LogP contribution in [-0.4, -0.2) is 34.2 Å². The van der Waals surface area contributed by atoms with Gasteiger partial charge >= 0.3 is 6.03 Å². The fourth-order valence-corrected chi connectivity index (χ4v) is 1.91. The number of carbonyl (C=O) groups excluding carboxylic acids is 3. The van der Waals surface area contributed by atoms with E-state index in [9.17, 15) is 14.4 Å². The van der Waals surface area contributed by atoms with Crippen molar-refractivity contribution in [1.82, 2.24) is 9.80 Å². The third-order valence-corrected chi connectivity index (χ3v) is 2.87. The lowest BCUT2D eigenvalue weighted by atomic mass is 10.2. The summed E-state index contributed by atoms with van der Waals surface area (Å²) in [6, 6.07) is 8.71. The van der Waals surface area contributed by atoms with E-state index in [0.717, 1.165) is 15.4 Å². The highest BCUT2D eigenvalue weighted by molar-refractivity contribution is 6.13. The average Bonchev–Trinajstić information content (AvgIpc) is 2.36. The molecule has 0 atom stereocenters. The molecule has 1 fully saturated rings. The number of urea groups is 1. The highest BCUT2D eigenvalue weighted by atomic mass is 16.2. The summed E-state index contributed by atoms with van der Waals surface area (Å²) in [5.41, 5.74) is 0.865. The smallest absolute Gasteiger partial charge is 0.274 e. The molecule has 0 radical (unpaired) electrons. The van der Waals surface area contributed by atoms with Crippen LogP contribution in [0.4, 0.5) is 4.79 Å². The van der Waals surface area contributed by atoms with E-state index < -0.39 is 17.8 Å². The molecule has 5 nitrogen and oxygen atoms in total. The zero-order valence-electron chi connectivity index (χ0n) is 10.1. The van der Waals surface area contributed by atoms with Crippen molar-refractivity contribution >= 4 is 17.8 Å². The van der Waals surface area contributed by atoms with Crippen molar-refractivity contribution in [2.75, 3.05) is 6.54 Å². The second-order valence-corrected chi connectivity index (χ2v) is 4.06. The molecular weight excluding hydrogens is 232 g/mol. The van der Waals surface area contributed by atoms with Gasteiger partial charge in [-0.15, -0.1) is 0 Å². The highest BCUT2D eigenvalue weighted by Crippen LogP contribution is 2.15. The molecule has 0 spiro atoms. The number of carbonyl (C=O) groups is 3. The summed E-state index contributed by atoms with van der Waals surface area (Å²) in [5.74, 6) is -0.852. The Morgan fingerprint density at radius 1 is 1.00 bits per heavy atom. The van der Waals surface area contributed by atoms with Gasteiger partial charge < -0.3 is 0 Å². The van der Waals surface area contributed by atoms with Crippen LogP contribution >= 0.6 is 0 Å². The third kappa shape index (κ3) is 2.25. The number of nitrogens with zero attached hydrogens (tertiary/aromatic N) is 2. The Labute approximate surface area is 105 Å². The maximum Gasteiger partial charge on any atom is 0.333 e. The van der Waals surface area contributed by atoms with Crippen molar-refractivity contribution in [3.05, 3.63) is 35.9 Å². The van der Waals surface area contributed by atoms with E-state index >= 15 is 0 Å². The van der Waals surface area contributed by atoms with Crippen LogP contribution in [0, 0.1) is 0 Å². The lowest BCUT2D eigenvalue weighted by Gasteiger charge is -2.31. The van der Waals surface area contributed by atoms with E-state index in [1.807, 2.05) is 30.3 Å². The number of benzene rings is 1. The lowest BCUT2D eigenvalue weighted by Crippen LogP contribution is -2.54. The zero-order chi connectivity index (χ0) is 13.1. The van der Waals surface area contributed by atoms with Gasteiger partial charge in [0, 0.05) is 6.54 Å². The first kappa shape index (κ1) is 12.3. The summed E-state index contributed by atoms with van der Waals surface area (Å²) in [6.07, 6.45) is -0.230. The Morgan fingerprint density at radius 3 is 2.22 bits per heavy atom. The van der Waals surface area contributed by atoms with Crippen molar-refractivity contribution in [3.8, 4) is 0 Å². The van der Waals surface area contributed by atoms with E-state index in [2.05, 4.69) is 0 Å². The SMILES string of the molecule is CCN1C(=O)CC(=O)N(Cc2ccccc2)C1=O. The van der Waals surface area contributed by atoms with Crippen LogP contribution < -0.4 is 0 Å². The average molecular weight is 246 g/mol. The number of barbiturate groups is 1. The Bertz CT molecular complexity index is 484. The van der Waals surface area contributed by atoms with Crippen LogP contribution in [0.25, 0.3) is 0 Å². The van der Waals surface area contributed by atoms with Gasteiger partial charge in [-0.1, -0.05) is 30.3 Å². The number of rotatable bonds is 3. The second-order valence-electron chi connectivity index (χ2n) is 4.06. The van der Waals surface area contributed by atoms with E-state index in [0.29, 0.717) is 0 Å². The number of amides is 4. The molecule has 4 amide bonds. The summed E-state index contributed by atoms with van der Waals surface area (Å²) in [5, 5.41) is 0. The maximum atomic E-state index is 12.0. The van der Waals surface area contributed by atoms with Gasteiger partial charge in [-0.2, -0.15) is 0 Å². The summed E-state index contributed by atoms with van der Waals surface area (Å²) in [7, 11) is 0. The summed E-state index contributed by atoms with van der Waals surface area (Å²) in [4.78, 5) is 37.5. The molecule has 5 heteroatoms. The van der Waals surface area contributed by atoms with Gasteiger partial charge in [0.05, 0.1) is 6.54 Å². The molecule has 0 aliphatic carbocycles. The molecule has 18 heavy (non-hydrogen) atoms. The number of imide groups is 2. The van der Waals surface area contributed by atoms with Crippen molar-refractivity contribution in [2.45, 2.75) is 19.9 Å². The fourth-order valence-electron chi connectivity index (χ4n) is 1.91. The molecule has 1 aliphatic heterocycles. The largest absolute Gasteiger partial charge is 0.333 e. The minimum atomic E-state index is -0.525. The van der Waals surface area contributed by atoms with Crippen molar-refractivity contribution < 1.29 is 14.4 Å². The van der Waals surface area contributed by atoms with Crippen LogP contribution in [0.5, 0.6) is 0 Å². The molecule has 1 aromatic rings. The van der Waals surface area contributed by atoms with Crippen molar-refractivity contribution in [1.29, 1.82) is 0 Å². The molecule has 0 saturated carbocycles. The van der Waals surface area contributed by atoms with E-state index in [1.165, 1.54) is 0 Å². The minimum absolute atomic E-state index is 0.211. The normalized spacial score (nSPS) is 16.4. The highest BCUT2D eigenvalue weighted by Gasteiger charge is 2.36. The molecule has 1 aromatic carbocycles. The van der Waals surface area contributed by atoms with E-state index in [-0.39, 0.29) is 19.5 Å². The molecule has 1 heterocycles. The molecule has 94 valence electrons. The molecule has 2 rings (SSSR count). The first-order chi connectivity index (χ1) is 8.63. The minimum Gasteiger partial charge on any atom is -0.274 e. The summed E-state index contributed by atoms with van der Waals surface area (Å²) in [6.45, 7) is 2.21. The van der Waals surface area contributed by atoms with Crippen LogP contribution in [0.15, 0.2) is 30.3 Å². The molecule has 1 saturated heterocycles. The van der Waals surface area contributed by atoms with Gasteiger partial charge in [0.1, 0.15) is 6.42 Å². The topological polar surface area (TPSA) is 57.7 Å². The van der Waals surface area contributed by atoms with E-state index in [4.69, 9.17) is 0 Å². The van der Waals surface area contributed by atoms with Crippen molar-refractivity contribution in [2.24, 2.45) is 0 Å². The predicted octanol–water partition coefficient (Wildman–Crippen LogP) is 1.39. The monoisotopic (exact) mass is 246 g/mol. The quantitative estimate of drug-likeness (QED) is 0.757. The van der Waals surface area contributed by atoms with Crippen molar-refractivity contribution in [3.63, 3.8) is 0 Å². The Balaban J connectivity index is 2.19. The van der Waals surface area contributed by atoms with Crippen LogP contribution in [0.2, 0.25) is 0 Å². The van der Waals surface area contributed by atoms with Gasteiger partial charge in [-0.3, -0.25) is 19.4 Å². The lowest BCUT2D eigenvalue weighted by molar-refractivity contribution is -0.142. The van der Waals surface area contributed by atoms with Crippen LogP contribution in [0.3, 0.4) is 0 Å². The van der Waals surface area contributed by atoms with Gasteiger partial charge in [0.25, 0.3) is 0 Å². The van der Waals surface area contributed by atoms with Crippen LogP contribution in [0.1, 0.15) is 18.9 Å². The Kier molecular flexibility index (Phi) is 3.41. The molecular formula is C13H14N2O3. The standard InChI is InChI=1S/C13H14N2O3/c1-2-14-11(16)8-12(17)15(13(14)18)9-10-6-4-3-5-7-10/h3-7H,2,8-9H2,1H3. The van der Waals surface area contributed by atoms with Gasteiger partial charge in [0.2, 0.25) is 11.8 Å². The fraction of sp³-hybridized carbons (Fsp3) is 0.308. The molecule has 0 bridgehead atoms. The van der Waals surface area contributed by atoms with Gasteiger partial charge in [0.15, 0.2) is 0 Å².